The highest BCUT2D eigenvalue weighted by molar-refractivity contribution is 6.33. The van der Waals surface area contributed by atoms with Gasteiger partial charge in [0, 0.05) is 26.3 Å². The lowest BCUT2D eigenvalue weighted by molar-refractivity contribution is 0.0678. The van der Waals surface area contributed by atoms with Crippen molar-refractivity contribution in [2.75, 3.05) is 13.1 Å². The van der Waals surface area contributed by atoms with E-state index >= 15 is 0 Å². The number of hydrogen-bond donors (Lipinski definition) is 1. The SMILES string of the molecule is Cn1cc(Cl)c(C(=O)N2CCC(c3ccccc3C(=O)O)CC2)n1. The van der Waals surface area contributed by atoms with Gasteiger partial charge in [-0.3, -0.25) is 9.48 Å². The van der Waals surface area contributed by atoms with E-state index in [1.165, 1.54) is 4.68 Å². The quantitative estimate of drug-likeness (QED) is 0.926. The van der Waals surface area contributed by atoms with Crippen LogP contribution in [0.4, 0.5) is 0 Å². The molecule has 0 saturated carbocycles. The number of carboxylic acid groups (broad SMARTS) is 1. The molecule has 0 unspecified atom stereocenters. The van der Waals surface area contributed by atoms with Gasteiger partial charge in [0.15, 0.2) is 5.69 Å². The summed E-state index contributed by atoms with van der Waals surface area (Å²) in [5.74, 6) is -0.949. The molecule has 1 aliphatic rings. The van der Waals surface area contributed by atoms with E-state index in [1.807, 2.05) is 12.1 Å². The maximum atomic E-state index is 12.5. The third kappa shape index (κ3) is 3.14. The predicted molar refractivity (Wildman–Crippen MR) is 89.5 cm³/mol. The van der Waals surface area contributed by atoms with Crippen LogP contribution in [0, 0.1) is 0 Å². The predicted octanol–water partition coefficient (Wildman–Crippen LogP) is 2.79. The van der Waals surface area contributed by atoms with Gasteiger partial charge in [0.25, 0.3) is 5.91 Å². The van der Waals surface area contributed by atoms with Crippen LogP contribution in [0.3, 0.4) is 0 Å². The number of carbonyl (C=O) groups excluding carboxylic acids is 1. The third-order valence-electron chi connectivity index (χ3n) is 4.40. The zero-order valence-electron chi connectivity index (χ0n) is 13.3. The Morgan fingerprint density at radius 2 is 1.92 bits per heavy atom. The number of halogens is 1. The number of rotatable bonds is 3. The minimum absolute atomic E-state index is 0.139. The first-order valence-corrected chi connectivity index (χ1v) is 8.16. The molecule has 0 atom stereocenters. The highest BCUT2D eigenvalue weighted by Crippen LogP contribution is 2.31. The summed E-state index contributed by atoms with van der Waals surface area (Å²) in [5.41, 5.74) is 1.45. The second-order valence-electron chi connectivity index (χ2n) is 5.96. The van der Waals surface area contributed by atoms with Crippen LogP contribution in [0.1, 0.15) is 45.2 Å². The third-order valence-corrected chi connectivity index (χ3v) is 4.68. The highest BCUT2D eigenvalue weighted by Gasteiger charge is 2.28. The van der Waals surface area contributed by atoms with Gasteiger partial charge in [-0.25, -0.2) is 4.79 Å². The molecule has 3 rings (SSSR count). The Hall–Kier alpha value is -2.34. The van der Waals surface area contributed by atoms with Crippen molar-refractivity contribution < 1.29 is 14.7 Å². The molecular formula is C17H18ClN3O3. The standard InChI is InChI=1S/C17H18ClN3O3/c1-20-10-14(18)15(19-20)16(22)21-8-6-11(7-9-21)12-4-2-3-5-13(12)17(23)24/h2-5,10-11H,6-9H2,1H3,(H,23,24). The minimum Gasteiger partial charge on any atom is -0.478 e. The first-order chi connectivity index (χ1) is 11.5. The second kappa shape index (κ2) is 6.65. The first kappa shape index (κ1) is 16.5. The van der Waals surface area contributed by atoms with E-state index in [2.05, 4.69) is 5.10 Å². The molecule has 1 fully saturated rings. The van der Waals surface area contributed by atoms with Crippen LogP contribution in [-0.4, -0.2) is 44.8 Å². The molecule has 6 nitrogen and oxygen atoms in total. The smallest absolute Gasteiger partial charge is 0.335 e. The number of carboxylic acids is 1. The number of likely N-dealkylation sites (tertiary alicyclic amines) is 1. The van der Waals surface area contributed by atoms with E-state index in [1.54, 1.807) is 30.3 Å². The molecule has 1 saturated heterocycles. The van der Waals surface area contributed by atoms with Crippen LogP contribution in [0.15, 0.2) is 30.5 Å². The summed E-state index contributed by atoms with van der Waals surface area (Å²) in [6.45, 7) is 1.12. The van der Waals surface area contributed by atoms with Gasteiger partial charge in [0.05, 0.1) is 10.6 Å². The molecule has 1 N–H and O–H groups in total. The fourth-order valence-corrected chi connectivity index (χ4v) is 3.46. The summed E-state index contributed by atoms with van der Waals surface area (Å²) >= 11 is 6.04. The Labute approximate surface area is 144 Å². The lowest BCUT2D eigenvalue weighted by atomic mass is 9.86. The Morgan fingerprint density at radius 1 is 1.25 bits per heavy atom. The fourth-order valence-electron chi connectivity index (χ4n) is 3.20. The number of nitrogens with zero attached hydrogens (tertiary/aromatic N) is 3. The molecule has 126 valence electrons. The van der Waals surface area contributed by atoms with Crippen molar-refractivity contribution in [2.45, 2.75) is 18.8 Å². The summed E-state index contributed by atoms with van der Waals surface area (Å²) in [4.78, 5) is 25.6. The van der Waals surface area contributed by atoms with Gasteiger partial charge < -0.3 is 10.0 Å². The second-order valence-corrected chi connectivity index (χ2v) is 6.37. The number of hydrogen-bond acceptors (Lipinski definition) is 3. The molecule has 0 radical (unpaired) electrons. The lowest BCUT2D eigenvalue weighted by Gasteiger charge is -2.32. The molecule has 1 aromatic heterocycles. The Kier molecular flexibility index (Phi) is 4.57. The minimum atomic E-state index is -0.913. The molecular weight excluding hydrogens is 330 g/mol. The van der Waals surface area contributed by atoms with E-state index in [0.29, 0.717) is 23.7 Å². The topological polar surface area (TPSA) is 75.4 Å². The summed E-state index contributed by atoms with van der Waals surface area (Å²) in [6, 6.07) is 7.08. The van der Waals surface area contributed by atoms with E-state index in [0.717, 1.165) is 18.4 Å². The number of benzene rings is 1. The van der Waals surface area contributed by atoms with Crippen molar-refractivity contribution in [2.24, 2.45) is 7.05 Å². The zero-order chi connectivity index (χ0) is 17.3. The van der Waals surface area contributed by atoms with Crippen LogP contribution >= 0.6 is 11.6 Å². The number of aryl methyl sites for hydroxylation is 1. The molecule has 0 spiro atoms. The molecule has 1 amide bonds. The van der Waals surface area contributed by atoms with Crippen LogP contribution in [0.2, 0.25) is 5.02 Å². The maximum Gasteiger partial charge on any atom is 0.335 e. The molecule has 0 aliphatic carbocycles. The fraction of sp³-hybridized carbons (Fsp3) is 0.353. The van der Waals surface area contributed by atoms with Crippen LogP contribution in [0.25, 0.3) is 0 Å². The summed E-state index contributed by atoms with van der Waals surface area (Å²) in [5, 5.41) is 13.8. The van der Waals surface area contributed by atoms with Gasteiger partial charge in [-0.1, -0.05) is 29.8 Å². The Morgan fingerprint density at radius 3 is 2.50 bits per heavy atom. The molecule has 2 heterocycles. The van der Waals surface area contributed by atoms with Gasteiger partial charge in [-0.2, -0.15) is 5.10 Å². The van der Waals surface area contributed by atoms with Crippen molar-refractivity contribution in [3.63, 3.8) is 0 Å². The van der Waals surface area contributed by atoms with E-state index in [4.69, 9.17) is 11.6 Å². The average molecular weight is 348 g/mol. The van der Waals surface area contributed by atoms with Crippen LogP contribution in [-0.2, 0) is 7.05 Å². The number of aromatic carboxylic acids is 1. The molecule has 7 heteroatoms. The highest BCUT2D eigenvalue weighted by atomic mass is 35.5. The molecule has 24 heavy (non-hydrogen) atoms. The monoisotopic (exact) mass is 347 g/mol. The van der Waals surface area contributed by atoms with Crippen LogP contribution in [0.5, 0.6) is 0 Å². The summed E-state index contributed by atoms with van der Waals surface area (Å²) in [7, 11) is 1.72. The van der Waals surface area contributed by atoms with Crippen LogP contribution < -0.4 is 0 Å². The van der Waals surface area contributed by atoms with Gasteiger partial charge in [-0.05, 0) is 30.4 Å². The van der Waals surface area contributed by atoms with E-state index in [9.17, 15) is 14.7 Å². The number of aromatic nitrogens is 2. The van der Waals surface area contributed by atoms with Gasteiger partial charge in [-0.15, -0.1) is 0 Å². The Balaban J connectivity index is 1.71. The molecule has 1 aromatic carbocycles. The first-order valence-electron chi connectivity index (χ1n) is 7.78. The van der Waals surface area contributed by atoms with Gasteiger partial charge >= 0.3 is 5.97 Å². The summed E-state index contributed by atoms with van der Waals surface area (Å²) < 4.78 is 1.52. The number of piperidine rings is 1. The lowest BCUT2D eigenvalue weighted by Crippen LogP contribution is -2.38. The molecule has 2 aromatic rings. The van der Waals surface area contributed by atoms with Crippen molar-refractivity contribution in [3.8, 4) is 0 Å². The van der Waals surface area contributed by atoms with Gasteiger partial charge in [0.2, 0.25) is 0 Å². The van der Waals surface area contributed by atoms with Gasteiger partial charge in [0.1, 0.15) is 0 Å². The van der Waals surface area contributed by atoms with E-state index in [-0.39, 0.29) is 17.5 Å². The number of carbonyl (C=O) groups is 2. The molecule has 1 aliphatic heterocycles. The largest absolute Gasteiger partial charge is 0.478 e. The normalized spacial score (nSPS) is 15.5. The summed E-state index contributed by atoms with van der Waals surface area (Å²) in [6.07, 6.45) is 3.05. The average Bonchev–Trinajstić information content (AvgIpc) is 2.92. The number of amides is 1. The van der Waals surface area contributed by atoms with Crippen molar-refractivity contribution in [1.29, 1.82) is 0 Å². The van der Waals surface area contributed by atoms with E-state index < -0.39 is 5.97 Å². The maximum absolute atomic E-state index is 12.5. The van der Waals surface area contributed by atoms with Crippen molar-refractivity contribution in [3.05, 3.63) is 52.3 Å². The Bertz CT molecular complexity index is 779. The zero-order valence-corrected chi connectivity index (χ0v) is 14.0. The van der Waals surface area contributed by atoms with Crippen molar-refractivity contribution in [1.82, 2.24) is 14.7 Å². The van der Waals surface area contributed by atoms with Crippen molar-refractivity contribution >= 4 is 23.5 Å². The molecule has 0 bridgehead atoms.